The summed E-state index contributed by atoms with van der Waals surface area (Å²) in [4.78, 5) is 20.7. The standard InChI is InChI=1S/C16H16N4O3/c1-9-7-10(2)19-16(22-3)12(9)8-18-15(21)13-11-5-4-6-17-14(11)20-23-13/h4-7H,8H2,1-3H3,(H,18,21). The molecular weight excluding hydrogens is 296 g/mol. The number of ether oxygens (including phenoxy) is 1. The van der Waals surface area contributed by atoms with Crippen LogP contribution in [0.15, 0.2) is 28.9 Å². The minimum Gasteiger partial charge on any atom is -0.481 e. The van der Waals surface area contributed by atoms with Gasteiger partial charge in [0.15, 0.2) is 0 Å². The quantitative estimate of drug-likeness (QED) is 0.794. The van der Waals surface area contributed by atoms with Crippen LogP contribution in [0.25, 0.3) is 11.0 Å². The van der Waals surface area contributed by atoms with Gasteiger partial charge in [-0.3, -0.25) is 4.79 Å². The van der Waals surface area contributed by atoms with Crippen molar-refractivity contribution in [1.29, 1.82) is 0 Å². The van der Waals surface area contributed by atoms with Crippen molar-refractivity contribution in [2.24, 2.45) is 0 Å². The molecule has 0 bridgehead atoms. The summed E-state index contributed by atoms with van der Waals surface area (Å²) in [6, 6.07) is 5.41. The average molecular weight is 312 g/mol. The molecule has 7 nitrogen and oxygen atoms in total. The maximum absolute atomic E-state index is 12.3. The highest BCUT2D eigenvalue weighted by Crippen LogP contribution is 2.21. The molecule has 3 aromatic rings. The summed E-state index contributed by atoms with van der Waals surface area (Å²) < 4.78 is 10.4. The molecule has 0 fully saturated rings. The Morgan fingerprint density at radius 3 is 3.00 bits per heavy atom. The summed E-state index contributed by atoms with van der Waals surface area (Å²) in [6.07, 6.45) is 1.60. The van der Waals surface area contributed by atoms with E-state index in [1.165, 1.54) is 0 Å². The Balaban J connectivity index is 1.82. The molecule has 0 atom stereocenters. The third-order valence-electron chi connectivity index (χ3n) is 3.52. The first kappa shape index (κ1) is 15.0. The summed E-state index contributed by atoms with van der Waals surface area (Å²) in [5.41, 5.74) is 3.09. The molecule has 23 heavy (non-hydrogen) atoms. The lowest BCUT2D eigenvalue weighted by Crippen LogP contribution is -2.23. The normalized spacial score (nSPS) is 10.7. The van der Waals surface area contributed by atoms with Crippen molar-refractivity contribution in [3.8, 4) is 5.88 Å². The molecule has 0 aliphatic heterocycles. The molecule has 0 aromatic carbocycles. The maximum Gasteiger partial charge on any atom is 0.290 e. The molecule has 3 rings (SSSR count). The molecule has 0 aliphatic carbocycles. The van der Waals surface area contributed by atoms with E-state index in [1.54, 1.807) is 25.4 Å². The Kier molecular flexibility index (Phi) is 3.92. The van der Waals surface area contributed by atoms with Crippen LogP contribution >= 0.6 is 0 Å². The fourth-order valence-corrected chi connectivity index (χ4v) is 2.41. The van der Waals surface area contributed by atoms with Gasteiger partial charge in [-0.2, -0.15) is 0 Å². The predicted molar refractivity (Wildman–Crippen MR) is 83.2 cm³/mol. The van der Waals surface area contributed by atoms with Crippen molar-refractivity contribution in [3.63, 3.8) is 0 Å². The highest BCUT2D eigenvalue weighted by molar-refractivity contribution is 6.02. The van der Waals surface area contributed by atoms with E-state index < -0.39 is 0 Å². The van der Waals surface area contributed by atoms with Crippen LogP contribution in [0.4, 0.5) is 0 Å². The number of methoxy groups -OCH3 is 1. The fraction of sp³-hybridized carbons (Fsp3) is 0.250. The Morgan fingerprint density at radius 2 is 2.22 bits per heavy atom. The Morgan fingerprint density at radius 1 is 1.39 bits per heavy atom. The van der Waals surface area contributed by atoms with Crippen molar-refractivity contribution in [2.75, 3.05) is 7.11 Å². The van der Waals surface area contributed by atoms with E-state index in [-0.39, 0.29) is 18.2 Å². The van der Waals surface area contributed by atoms with Gasteiger partial charge in [0, 0.05) is 24.0 Å². The van der Waals surface area contributed by atoms with Crippen LogP contribution in [-0.4, -0.2) is 28.1 Å². The van der Waals surface area contributed by atoms with E-state index in [0.29, 0.717) is 16.9 Å². The van der Waals surface area contributed by atoms with Crippen LogP contribution < -0.4 is 10.1 Å². The van der Waals surface area contributed by atoms with E-state index >= 15 is 0 Å². The molecule has 1 amide bonds. The van der Waals surface area contributed by atoms with Crippen LogP contribution in [0.2, 0.25) is 0 Å². The summed E-state index contributed by atoms with van der Waals surface area (Å²) in [5.74, 6) is 0.291. The number of fused-ring (bicyclic) bond motifs is 1. The molecule has 0 radical (unpaired) electrons. The van der Waals surface area contributed by atoms with Crippen molar-refractivity contribution in [3.05, 3.63) is 47.0 Å². The third-order valence-corrected chi connectivity index (χ3v) is 3.52. The number of amides is 1. The van der Waals surface area contributed by atoms with Gasteiger partial charge < -0.3 is 14.6 Å². The number of aromatic nitrogens is 3. The zero-order valence-electron chi connectivity index (χ0n) is 13.1. The average Bonchev–Trinajstić information content (AvgIpc) is 2.97. The minimum atomic E-state index is -0.359. The van der Waals surface area contributed by atoms with Gasteiger partial charge in [-0.15, -0.1) is 0 Å². The number of nitrogens with zero attached hydrogens (tertiary/aromatic N) is 3. The summed E-state index contributed by atoms with van der Waals surface area (Å²) in [7, 11) is 1.56. The van der Waals surface area contributed by atoms with Crippen LogP contribution in [0.5, 0.6) is 5.88 Å². The van der Waals surface area contributed by atoms with Gasteiger partial charge in [0.1, 0.15) is 0 Å². The number of carbonyl (C=O) groups is 1. The molecular formula is C16H16N4O3. The highest BCUT2D eigenvalue weighted by Gasteiger charge is 2.18. The van der Waals surface area contributed by atoms with Crippen molar-refractivity contribution in [1.82, 2.24) is 20.4 Å². The van der Waals surface area contributed by atoms with E-state index in [2.05, 4.69) is 20.4 Å². The van der Waals surface area contributed by atoms with Gasteiger partial charge in [0.2, 0.25) is 17.3 Å². The molecule has 7 heteroatoms. The van der Waals surface area contributed by atoms with Crippen molar-refractivity contribution < 1.29 is 14.1 Å². The molecule has 0 saturated carbocycles. The van der Waals surface area contributed by atoms with E-state index in [0.717, 1.165) is 16.8 Å². The molecule has 0 spiro atoms. The molecule has 0 unspecified atom stereocenters. The molecule has 0 aliphatic rings. The number of rotatable bonds is 4. The van der Waals surface area contributed by atoms with Crippen molar-refractivity contribution in [2.45, 2.75) is 20.4 Å². The lowest BCUT2D eigenvalue weighted by Gasteiger charge is -2.12. The fourth-order valence-electron chi connectivity index (χ4n) is 2.41. The van der Waals surface area contributed by atoms with E-state index in [1.807, 2.05) is 19.9 Å². The summed E-state index contributed by atoms with van der Waals surface area (Å²) in [5, 5.41) is 7.16. The molecule has 118 valence electrons. The number of nitrogens with one attached hydrogen (secondary N) is 1. The summed E-state index contributed by atoms with van der Waals surface area (Å²) in [6.45, 7) is 4.13. The first-order chi connectivity index (χ1) is 11.1. The van der Waals surface area contributed by atoms with Crippen LogP contribution in [0, 0.1) is 13.8 Å². The van der Waals surface area contributed by atoms with Gasteiger partial charge >= 0.3 is 0 Å². The van der Waals surface area contributed by atoms with Crippen molar-refractivity contribution >= 4 is 16.9 Å². The molecule has 0 saturated heterocycles. The zero-order valence-corrected chi connectivity index (χ0v) is 13.1. The maximum atomic E-state index is 12.3. The number of pyridine rings is 2. The lowest BCUT2D eigenvalue weighted by molar-refractivity contribution is 0.0916. The highest BCUT2D eigenvalue weighted by atomic mass is 16.5. The van der Waals surface area contributed by atoms with Gasteiger partial charge in [-0.05, 0) is 37.6 Å². The molecule has 1 N–H and O–H groups in total. The second-order valence-electron chi connectivity index (χ2n) is 5.14. The second kappa shape index (κ2) is 6.04. The first-order valence-corrected chi connectivity index (χ1v) is 7.10. The second-order valence-corrected chi connectivity index (χ2v) is 5.14. The van der Waals surface area contributed by atoms with Gasteiger partial charge in [-0.25, -0.2) is 9.97 Å². The van der Waals surface area contributed by atoms with Crippen LogP contribution in [-0.2, 0) is 6.54 Å². The van der Waals surface area contributed by atoms with Gasteiger partial charge in [0.25, 0.3) is 5.91 Å². The van der Waals surface area contributed by atoms with Crippen LogP contribution in [0.1, 0.15) is 27.4 Å². The number of hydrogen-bond acceptors (Lipinski definition) is 6. The Labute approximate surface area is 132 Å². The number of carbonyl (C=O) groups excluding carboxylic acids is 1. The number of hydrogen-bond donors (Lipinski definition) is 1. The zero-order chi connectivity index (χ0) is 16.4. The Bertz CT molecular complexity index is 873. The van der Waals surface area contributed by atoms with Gasteiger partial charge in [-0.1, -0.05) is 5.16 Å². The number of aryl methyl sites for hydroxylation is 2. The first-order valence-electron chi connectivity index (χ1n) is 7.10. The summed E-state index contributed by atoms with van der Waals surface area (Å²) >= 11 is 0. The monoisotopic (exact) mass is 312 g/mol. The minimum absolute atomic E-state index is 0.143. The Hall–Kier alpha value is -2.96. The lowest BCUT2D eigenvalue weighted by atomic mass is 10.1. The van der Waals surface area contributed by atoms with Crippen LogP contribution in [0.3, 0.4) is 0 Å². The van der Waals surface area contributed by atoms with E-state index in [4.69, 9.17) is 9.26 Å². The third kappa shape index (κ3) is 2.85. The largest absolute Gasteiger partial charge is 0.481 e. The SMILES string of the molecule is COc1nc(C)cc(C)c1CNC(=O)c1onc2ncccc12. The van der Waals surface area contributed by atoms with Gasteiger partial charge in [0.05, 0.1) is 12.5 Å². The predicted octanol–water partition coefficient (Wildman–Crippen LogP) is 2.17. The topological polar surface area (TPSA) is 90.1 Å². The smallest absolute Gasteiger partial charge is 0.290 e. The molecule has 3 heterocycles. The molecule has 3 aromatic heterocycles. The van der Waals surface area contributed by atoms with E-state index in [9.17, 15) is 4.79 Å².